The Labute approximate surface area is 135 Å². The molecule has 0 aromatic carbocycles. The normalized spacial score (nSPS) is 19.5. The van der Waals surface area contributed by atoms with Gasteiger partial charge in [0.15, 0.2) is 5.96 Å². The fourth-order valence-corrected chi connectivity index (χ4v) is 2.73. The second kappa shape index (κ2) is 9.66. The second-order valence-electron chi connectivity index (χ2n) is 6.34. The van der Waals surface area contributed by atoms with E-state index < -0.39 is 0 Å². The van der Waals surface area contributed by atoms with Gasteiger partial charge in [-0.25, -0.2) is 0 Å². The van der Waals surface area contributed by atoms with Crippen LogP contribution in [0.25, 0.3) is 0 Å². The summed E-state index contributed by atoms with van der Waals surface area (Å²) in [6.07, 6.45) is 3.08. The molecule has 0 aromatic rings. The summed E-state index contributed by atoms with van der Waals surface area (Å²) in [7, 11) is 3.67. The molecule has 0 bridgehead atoms. The van der Waals surface area contributed by atoms with Crippen molar-refractivity contribution in [2.75, 3.05) is 40.3 Å². The Balaban J connectivity index is 2.40. The number of rotatable bonds is 7. The van der Waals surface area contributed by atoms with Crippen molar-refractivity contribution in [1.82, 2.24) is 20.4 Å². The third-order valence-electron chi connectivity index (χ3n) is 3.73. The van der Waals surface area contributed by atoms with Crippen LogP contribution in [0.2, 0.25) is 0 Å². The zero-order valence-corrected chi connectivity index (χ0v) is 14.9. The number of likely N-dealkylation sites (tertiary alicyclic amines) is 1. The predicted molar refractivity (Wildman–Crippen MR) is 92.2 cm³/mol. The van der Waals surface area contributed by atoms with Gasteiger partial charge in [-0.05, 0) is 46.6 Å². The largest absolute Gasteiger partial charge is 0.357 e. The first-order valence-corrected chi connectivity index (χ1v) is 8.45. The average molecular weight is 311 g/mol. The molecular formula is C16H33N5O. The van der Waals surface area contributed by atoms with E-state index in [1.165, 1.54) is 0 Å². The van der Waals surface area contributed by atoms with Crippen LogP contribution in [0, 0.1) is 0 Å². The number of amides is 1. The van der Waals surface area contributed by atoms with Crippen LogP contribution in [0.4, 0.5) is 0 Å². The smallest absolute Gasteiger partial charge is 0.239 e. The molecule has 22 heavy (non-hydrogen) atoms. The van der Waals surface area contributed by atoms with Gasteiger partial charge in [0, 0.05) is 39.8 Å². The maximum absolute atomic E-state index is 12.1. The van der Waals surface area contributed by atoms with Crippen molar-refractivity contribution in [2.45, 2.75) is 52.1 Å². The molecule has 6 heteroatoms. The van der Waals surface area contributed by atoms with Gasteiger partial charge in [-0.2, -0.15) is 0 Å². The van der Waals surface area contributed by atoms with Gasteiger partial charge in [-0.15, -0.1) is 0 Å². The number of nitrogens with one attached hydrogen (secondary N) is 2. The molecular weight excluding hydrogens is 278 g/mol. The van der Waals surface area contributed by atoms with Crippen molar-refractivity contribution in [1.29, 1.82) is 0 Å². The Hall–Kier alpha value is -1.30. The van der Waals surface area contributed by atoms with E-state index in [9.17, 15) is 4.79 Å². The number of hydrogen-bond donors (Lipinski definition) is 2. The first-order valence-electron chi connectivity index (χ1n) is 8.45. The number of carbonyl (C=O) groups excluding carboxylic acids is 1. The highest BCUT2D eigenvalue weighted by atomic mass is 16.2. The van der Waals surface area contributed by atoms with E-state index in [0.29, 0.717) is 6.04 Å². The summed E-state index contributed by atoms with van der Waals surface area (Å²) < 4.78 is 0. The zero-order valence-electron chi connectivity index (χ0n) is 14.9. The van der Waals surface area contributed by atoms with Gasteiger partial charge in [0.2, 0.25) is 5.91 Å². The molecule has 6 nitrogen and oxygen atoms in total. The van der Waals surface area contributed by atoms with E-state index in [1.54, 1.807) is 4.90 Å². The molecule has 128 valence electrons. The van der Waals surface area contributed by atoms with Crippen LogP contribution in [0.5, 0.6) is 0 Å². The fraction of sp³-hybridized carbons (Fsp3) is 0.875. The van der Waals surface area contributed by atoms with Crippen molar-refractivity contribution in [3.63, 3.8) is 0 Å². The maximum Gasteiger partial charge on any atom is 0.239 e. The van der Waals surface area contributed by atoms with Crippen LogP contribution >= 0.6 is 0 Å². The molecule has 0 radical (unpaired) electrons. The summed E-state index contributed by atoms with van der Waals surface area (Å²) in [5.74, 6) is 1.11. The number of guanidine groups is 1. The topological polar surface area (TPSA) is 60.0 Å². The first kappa shape index (κ1) is 18.7. The van der Waals surface area contributed by atoms with Crippen molar-refractivity contribution >= 4 is 11.9 Å². The molecule has 1 fully saturated rings. The highest BCUT2D eigenvalue weighted by Gasteiger charge is 2.30. The van der Waals surface area contributed by atoms with Crippen LogP contribution < -0.4 is 10.6 Å². The molecule has 1 saturated heterocycles. The Bertz CT molecular complexity index is 368. The molecule has 1 aliphatic rings. The highest BCUT2D eigenvalue weighted by Crippen LogP contribution is 2.18. The molecule has 1 aliphatic heterocycles. The predicted octanol–water partition coefficient (Wildman–Crippen LogP) is 0.893. The van der Waals surface area contributed by atoms with Crippen molar-refractivity contribution < 1.29 is 4.79 Å². The standard InChI is InChI=1S/C16H33N5O/c1-6-17-16(19-13(2)3)18-10-8-12-21-11-7-9-14(21)15(22)20(4)5/h13-14H,6-12H2,1-5H3,(H2,17,18,19). The summed E-state index contributed by atoms with van der Waals surface area (Å²) in [6, 6.07) is 0.444. The number of likely N-dealkylation sites (N-methyl/N-ethyl adjacent to an activating group) is 1. The van der Waals surface area contributed by atoms with E-state index in [-0.39, 0.29) is 11.9 Å². The molecule has 1 rings (SSSR count). The van der Waals surface area contributed by atoms with Gasteiger partial charge in [0.1, 0.15) is 0 Å². The molecule has 0 spiro atoms. The van der Waals surface area contributed by atoms with Gasteiger partial charge >= 0.3 is 0 Å². The zero-order chi connectivity index (χ0) is 16.5. The SMILES string of the molecule is CCNC(=NCCCN1CCCC1C(=O)N(C)C)NC(C)C. The van der Waals surface area contributed by atoms with Crippen molar-refractivity contribution in [2.24, 2.45) is 4.99 Å². The minimum absolute atomic E-state index is 0.0704. The Morgan fingerprint density at radius 1 is 1.41 bits per heavy atom. The molecule has 2 N–H and O–H groups in total. The summed E-state index contributed by atoms with van der Waals surface area (Å²) in [6.45, 7) is 9.89. The van der Waals surface area contributed by atoms with Crippen LogP contribution in [0.3, 0.4) is 0 Å². The first-order chi connectivity index (χ1) is 10.5. The summed E-state index contributed by atoms with van der Waals surface area (Å²) >= 11 is 0. The summed E-state index contributed by atoms with van der Waals surface area (Å²) in [4.78, 5) is 20.7. The number of nitrogens with zero attached hydrogens (tertiary/aromatic N) is 3. The fourth-order valence-electron chi connectivity index (χ4n) is 2.73. The molecule has 0 saturated carbocycles. The van der Waals surface area contributed by atoms with E-state index in [0.717, 1.165) is 51.4 Å². The van der Waals surface area contributed by atoms with Gasteiger partial charge < -0.3 is 15.5 Å². The number of hydrogen-bond acceptors (Lipinski definition) is 3. The van der Waals surface area contributed by atoms with Gasteiger partial charge in [0.25, 0.3) is 0 Å². The van der Waals surface area contributed by atoms with Crippen molar-refractivity contribution in [3.05, 3.63) is 0 Å². The van der Waals surface area contributed by atoms with Crippen LogP contribution in [-0.4, -0.2) is 74.0 Å². The van der Waals surface area contributed by atoms with Gasteiger partial charge in [-0.1, -0.05) is 0 Å². The summed E-state index contributed by atoms with van der Waals surface area (Å²) in [5, 5.41) is 6.56. The third-order valence-corrected chi connectivity index (χ3v) is 3.73. The Kier molecular flexibility index (Phi) is 8.24. The second-order valence-corrected chi connectivity index (χ2v) is 6.34. The third kappa shape index (κ3) is 6.22. The lowest BCUT2D eigenvalue weighted by Crippen LogP contribution is -2.43. The van der Waals surface area contributed by atoms with E-state index in [1.807, 2.05) is 14.1 Å². The molecule has 1 heterocycles. The lowest BCUT2D eigenvalue weighted by molar-refractivity contribution is -0.133. The van der Waals surface area contributed by atoms with Crippen LogP contribution in [-0.2, 0) is 4.79 Å². The lowest BCUT2D eigenvalue weighted by Gasteiger charge is -2.25. The van der Waals surface area contributed by atoms with Gasteiger partial charge in [0.05, 0.1) is 6.04 Å². The quantitative estimate of drug-likeness (QED) is 0.416. The van der Waals surface area contributed by atoms with Crippen molar-refractivity contribution in [3.8, 4) is 0 Å². The lowest BCUT2D eigenvalue weighted by atomic mass is 10.2. The molecule has 0 aliphatic carbocycles. The highest BCUT2D eigenvalue weighted by molar-refractivity contribution is 5.81. The maximum atomic E-state index is 12.1. The van der Waals surface area contributed by atoms with Gasteiger partial charge in [-0.3, -0.25) is 14.7 Å². The van der Waals surface area contributed by atoms with Crippen LogP contribution in [0.15, 0.2) is 4.99 Å². The molecule has 1 unspecified atom stereocenters. The monoisotopic (exact) mass is 311 g/mol. The molecule has 1 atom stereocenters. The summed E-state index contributed by atoms with van der Waals surface area (Å²) in [5.41, 5.74) is 0. The van der Waals surface area contributed by atoms with Crippen LogP contribution in [0.1, 0.15) is 40.0 Å². The molecule has 0 aromatic heterocycles. The minimum atomic E-state index is 0.0704. The Morgan fingerprint density at radius 3 is 2.73 bits per heavy atom. The van der Waals surface area contributed by atoms with E-state index in [4.69, 9.17) is 0 Å². The Morgan fingerprint density at radius 2 is 2.14 bits per heavy atom. The average Bonchev–Trinajstić information content (AvgIpc) is 2.90. The minimum Gasteiger partial charge on any atom is -0.357 e. The molecule has 1 amide bonds. The number of carbonyl (C=O) groups is 1. The van der Waals surface area contributed by atoms with E-state index >= 15 is 0 Å². The van der Waals surface area contributed by atoms with E-state index in [2.05, 4.69) is 41.3 Å². The number of aliphatic imine (C=N–C) groups is 1.